The van der Waals surface area contributed by atoms with Crippen LogP contribution in [0, 0.1) is 11.8 Å². The first-order valence-electron chi connectivity index (χ1n) is 4.86. The molecule has 11 heavy (non-hydrogen) atoms. The van der Waals surface area contributed by atoms with Gasteiger partial charge in [0, 0.05) is 0 Å². The summed E-state index contributed by atoms with van der Waals surface area (Å²) in [6.07, 6.45) is 5.98. The largest absolute Gasteiger partial charge is 0.393 e. The van der Waals surface area contributed by atoms with Crippen molar-refractivity contribution in [3.63, 3.8) is 0 Å². The van der Waals surface area contributed by atoms with Crippen LogP contribution < -0.4 is 0 Å². The topological polar surface area (TPSA) is 20.2 Å². The maximum atomic E-state index is 9.56. The summed E-state index contributed by atoms with van der Waals surface area (Å²) in [7, 11) is 0. The zero-order chi connectivity index (χ0) is 8.27. The standard InChI is InChI=1S/C10H20O/c1-8-4-3-5-9(2)7-10(11)6-8/h8-11H,3-7H2,1-2H3. The van der Waals surface area contributed by atoms with Crippen LogP contribution in [0.3, 0.4) is 0 Å². The van der Waals surface area contributed by atoms with Gasteiger partial charge in [-0.25, -0.2) is 0 Å². The van der Waals surface area contributed by atoms with Gasteiger partial charge in [0.25, 0.3) is 0 Å². The molecule has 2 atom stereocenters. The van der Waals surface area contributed by atoms with E-state index in [4.69, 9.17) is 0 Å². The van der Waals surface area contributed by atoms with Gasteiger partial charge in [-0.2, -0.15) is 0 Å². The molecule has 0 spiro atoms. The van der Waals surface area contributed by atoms with Crippen molar-refractivity contribution in [2.45, 2.75) is 52.1 Å². The summed E-state index contributed by atoms with van der Waals surface area (Å²) < 4.78 is 0. The van der Waals surface area contributed by atoms with Gasteiger partial charge in [-0.05, 0) is 24.7 Å². The number of rotatable bonds is 0. The Kier molecular flexibility index (Phi) is 3.38. The fourth-order valence-corrected chi connectivity index (χ4v) is 2.08. The van der Waals surface area contributed by atoms with E-state index in [1.165, 1.54) is 19.3 Å². The molecular weight excluding hydrogens is 136 g/mol. The Morgan fingerprint density at radius 1 is 1.00 bits per heavy atom. The van der Waals surface area contributed by atoms with Crippen LogP contribution in [0.4, 0.5) is 0 Å². The number of hydrogen-bond acceptors (Lipinski definition) is 1. The smallest absolute Gasteiger partial charge is 0.0545 e. The second-order valence-electron chi connectivity index (χ2n) is 4.27. The molecule has 0 bridgehead atoms. The summed E-state index contributed by atoms with van der Waals surface area (Å²) in [6.45, 7) is 4.50. The molecule has 0 aromatic carbocycles. The highest BCUT2D eigenvalue weighted by atomic mass is 16.3. The van der Waals surface area contributed by atoms with Gasteiger partial charge in [0.1, 0.15) is 0 Å². The van der Waals surface area contributed by atoms with Gasteiger partial charge in [-0.1, -0.05) is 33.1 Å². The molecule has 1 aliphatic carbocycles. The summed E-state index contributed by atoms with van der Waals surface area (Å²) in [6, 6.07) is 0. The molecular formula is C10H20O. The molecule has 1 saturated carbocycles. The van der Waals surface area contributed by atoms with E-state index in [0.29, 0.717) is 0 Å². The monoisotopic (exact) mass is 156 g/mol. The number of aliphatic hydroxyl groups excluding tert-OH is 1. The molecule has 0 aromatic rings. The van der Waals surface area contributed by atoms with Crippen molar-refractivity contribution < 1.29 is 5.11 Å². The molecule has 1 nitrogen and oxygen atoms in total. The Labute approximate surface area is 69.8 Å². The average molecular weight is 156 g/mol. The minimum atomic E-state index is -0.0275. The summed E-state index contributed by atoms with van der Waals surface area (Å²) in [5.74, 6) is 1.47. The van der Waals surface area contributed by atoms with E-state index in [1.54, 1.807) is 0 Å². The number of hydrogen-bond donors (Lipinski definition) is 1. The third-order valence-corrected chi connectivity index (χ3v) is 2.74. The predicted octanol–water partition coefficient (Wildman–Crippen LogP) is 2.58. The van der Waals surface area contributed by atoms with Gasteiger partial charge < -0.3 is 5.11 Å². The molecule has 1 rings (SSSR count). The highest BCUT2D eigenvalue weighted by Gasteiger charge is 2.17. The molecule has 1 heteroatoms. The Morgan fingerprint density at radius 3 is 1.91 bits per heavy atom. The first kappa shape index (κ1) is 9.05. The van der Waals surface area contributed by atoms with Gasteiger partial charge in [-0.15, -0.1) is 0 Å². The first-order valence-corrected chi connectivity index (χ1v) is 4.86. The molecule has 0 aliphatic heterocycles. The molecule has 2 unspecified atom stereocenters. The second-order valence-corrected chi connectivity index (χ2v) is 4.27. The fraction of sp³-hybridized carbons (Fsp3) is 1.00. The van der Waals surface area contributed by atoms with E-state index in [0.717, 1.165) is 24.7 Å². The van der Waals surface area contributed by atoms with Gasteiger partial charge in [0.05, 0.1) is 6.10 Å². The van der Waals surface area contributed by atoms with E-state index in [1.807, 2.05) is 0 Å². The highest BCUT2D eigenvalue weighted by Crippen LogP contribution is 2.25. The Balaban J connectivity index is 2.34. The highest BCUT2D eigenvalue weighted by molar-refractivity contribution is 4.69. The average Bonchev–Trinajstić information content (AvgIpc) is 1.83. The van der Waals surface area contributed by atoms with Crippen molar-refractivity contribution in [2.75, 3.05) is 0 Å². The molecule has 1 N–H and O–H groups in total. The third kappa shape index (κ3) is 3.24. The van der Waals surface area contributed by atoms with E-state index in [9.17, 15) is 5.11 Å². The molecule has 1 fully saturated rings. The maximum absolute atomic E-state index is 9.56. The van der Waals surface area contributed by atoms with E-state index < -0.39 is 0 Å². The Hall–Kier alpha value is -0.0400. The van der Waals surface area contributed by atoms with Crippen LogP contribution in [-0.2, 0) is 0 Å². The van der Waals surface area contributed by atoms with Gasteiger partial charge >= 0.3 is 0 Å². The van der Waals surface area contributed by atoms with Gasteiger partial charge in [-0.3, -0.25) is 0 Å². The van der Waals surface area contributed by atoms with E-state index in [-0.39, 0.29) is 6.10 Å². The van der Waals surface area contributed by atoms with Crippen molar-refractivity contribution in [3.05, 3.63) is 0 Å². The van der Waals surface area contributed by atoms with Crippen LogP contribution in [0.1, 0.15) is 46.0 Å². The molecule has 1 aliphatic rings. The van der Waals surface area contributed by atoms with Crippen LogP contribution >= 0.6 is 0 Å². The second kappa shape index (κ2) is 4.10. The van der Waals surface area contributed by atoms with Gasteiger partial charge in [0.2, 0.25) is 0 Å². The van der Waals surface area contributed by atoms with Crippen LogP contribution in [0.25, 0.3) is 0 Å². The van der Waals surface area contributed by atoms with Crippen LogP contribution in [0.2, 0.25) is 0 Å². The summed E-state index contributed by atoms with van der Waals surface area (Å²) in [4.78, 5) is 0. The lowest BCUT2D eigenvalue weighted by Crippen LogP contribution is -2.18. The Bertz CT molecular complexity index is 99.4. The summed E-state index contributed by atoms with van der Waals surface area (Å²) in [5, 5.41) is 9.56. The minimum absolute atomic E-state index is 0.0275. The van der Waals surface area contributed by atoms with Crippen molar-refractivity contribution in [2.24, 2.45) is 11.8 Å². The zero-order valence-electron chi connectivity index (χ0n) is 7.71. The van der Waals surface area contributed by atoms with Crippen LogP contribution in [-0.4, -0.2) is 11.2 Å². The molecule has 0 heterocycles. The van der Waals surface area contributed by atoms with Crippen molar-refractivity contribution in [1.82, 2.24) is 0 Å². The fourth-order valence-electron chi connectivity index (χ4n) is 2.08. The lowest BCUT2D eigenvalue weighted by atomic mass is 9.86. The lowest BCUT2D eigenvalue weighted by Gasteiger charge is -2.23. The SMILES string of the molecule is CC1CCCC(C)CC(O)C1. The zero-order valence-corrected chi connectivity index (χ0v) is 7.71. The van der Waals surface area contributed by atoms with Gasteiger partial charge in [0.15, 0.2) is 0 Å². The maximum Gasteiger partial charge on any atom is 0.0545 e. The predicted molar refractivity (Wildman–Crippen MR) is 47.4 cm³/mol. The first-order chi connectivity index (χ1) is 5.18. The third-order valence-electron chi connectivity index (χ3n) is 2.74. The van der Waals surface area contributed by atoms with E-state index >= 15 is 0 Å². The van der Waals surface area contributed by atoms with E-state index in [2.05, 4.69) is 13.8 Å². The lowest BCUT2D eigenvalue weighted by molar-refractivity contribution is 0.105. The van der Waals surface area contributed by atoms with Crippen LogP contribution in [0.5, 0.6) is 0 Å². The molecule has 0 radical (unpaired) electrons. The molecule has 0 aromatic heterocycles. The van der Waals surface area contributed by atoms with Crippen LogP contribution in [0.15, 0.2) is 0 Å². The van der Waals surface area contributed by atoms with Crippen molar-refractivity contribution in [1.29, 1.82) is 0 Å². The van der Waals surface area contributed by atoms with Crippen molar-refractivity contribution in [3.8, 4) is 0 Å². The molecule has 0 saturated heterocycles. The minimum Gasteiger partial charge on any atom is -0.393 e. The van der Waals surface area contributed by atoms with Crippen molar-refractivity contribution >= 4 is 0 Å². The molecule has 66 valence electrons. The molecule has 0 amide bonds. The Morgan fingerprint density at radius 2 is 1.45 bits per heavy atom. The summed E-state index contributed by atoms with van der Waals surface area (Å²) in [5.41, 5.74) is 0. The summed E-state index contributed by atoms with van der Waals surface area (Å²) >= 11 is 0. The quantitative estimate of drug-likeness (QED) is 0.571. The number of aliphatic hydroxyl groups is 1. The normalized spacial score (nSPS) is 41.2.